The molecule has 0 spiro atoms. The summed E-state index contributed by atoms with van der Waals surface area (Å²) in [5.74, 6) is 0. The maximum atomic E-state index is 10.3. The molecule has 2 rings (SSSR count). The van der Waals surface area contributed by atoms with E-state index in [2.05, 4.69) is 0 Å². The molecule has 2 aromatic carbocycles. The number of nitro groups is 2. The largest absolute Gasteiger partial charge is 0.495 e. The van der Waals surface area contributed by atoms with Crippen LogP contribution >= 0.6 is 0 Å². The van der Waals surface area contributed by atoms with Gasteiger partial charge >= 0.3 is 14.2 Å². The predicted molar refractivity (Wildman–Crippen MR) is 85.8 cm³/mol. The van der Waals surface area contributed by atoms with Gasteiger partial charge in [-0.1, -0.05) is 36.4 Å². The van der Waals surface area contributed by atoms with Gasteiger partial charge in [0.2, 0.25) is 0 Å². The van der Waals surface area contributed by atoms with Crippen molar-refractivity contribution in [2.75, 3.05) is 0 Å². The molecule has 0 fully saturated rings. The summed E-state index contributed by atoms with van der Waals surface area (Å²) in [6.45, 7) is 0. The number of rotatable bonds is 4. The molecule has 0 heterocycles. The van der Waals surface area contributed by atoms with Gasteiger partial charge in [-0.15, -0.1) is 0 Å². The Kier molecular flexibility index (Phi) is 7.01. The Morgan fingerprint density at radius 1 is 0.667 bits per heavy atom. The lowest BCUT2D eigenvalue weighted by Gasteiger charge is -1.99. The Morgan fingerprint density at radius 3 is 1.17 bits per heavy atom. The summed E-state index contributed by atoms with van der Waals surface area (Å²) in [6, 6.07) is 11.0. The van der Waals surface area contributed by atoms with Crippen molar-refractivity contribution in [2.45, 2.75) is 0 Å². The molecule has 0 bridgehead atoms. The minimum Gasteiger partial charge on any atom is -0.423 e. The fraction of sp³-hybridized carbons (Fsp3) is 0. The fourth-order valence-corrected chi connectivity index (χ4v) is 1.74. The van der Waals surface area contributed by atoms with Crippen LogP contribution in [0.15, 0.2) is 48.5 Å². The molecule has 0 unspecified atom stereocenters. The molecule has 0 amide bonds. The SMILES string of the molecule is O=[N+]([O-])c1ccccc1B(O)O.O=[N+]([O-])c1ccccc1B(O)O. The smallest absolute Gasteiger partial charge is 0.423 e. The molecule has 4 N–H and O–H groups in total. The van der Waals surface area contributed by atoms with Crippen LogP contribution in [0.2, 0.25) is 0 Å². The highest BCUT2D eigenvalue weighted by atomic mass is 16.6. The molecule has 12 heteroatoms. The third-order valence-electron chi connectivity index (χ3n) is 2.82. The first-order valence-electron chi connectivity index (χ1n) is 6.44. The molecule has 0 aliphatic heterocycles. The van der Waals surface area contributed by atoms with E-state index in [0.717, 1.165) is 0 Å². The van der Waals surface area contributed by atoms with Gasteiger partial charge in [0.15, 0.2) is 0 Å². The molecule has 0 saturated heterocycles. The highest BCUT2D eigenvalue weighted by Crippen LogP contribution is 2.06. The molecule has 0 aliphatic rings. The molecule has 0 atom stereocenters. The van der Waals surface area contributed by atoms with Crippen LogP contribution < -0.4 is 10.9 Å². The van der Waals surface area contributed by atoms with Crippen LogP contribution in [0.5, 0.6) is 0 Å². The minimum atomic E-state index is -1.80. The monoisotopic (exact) mass is 334 g/mol. The quantitative estimate of drug-likeness (QED) is 0.299. The number of hydrogen-bond donors (Lipinski definition) is 4. The topological polar surface area (TPSA) is 167 Å². The van der Waals surface area contributed by atoms with Crippen molar-refractivity contribution in [3.05, 3.63) is 68.8 Å². The van der Waals surface area contributed by atoms with E-state index in [4.69, 9.17) is 20.1 Å². The van der Waals surface area contributed by atoms with Crippen LogP contribution in [0.25, 0.3) is 0 Å². The average Bonchev–Trinajstić information content (AvgIpc) is 2.55. The van der Waals surface area contributed by atoms with E-state index in [9.17, 15) is 20.2 Å². The first-order chi connectivity index (χ1) is 11.3. The maximum Gasteiger partial charge on any atom is 0.495 e. The number of benzene rings is 2. The summed E-state index contributed by atoms with van der Waals surface area (Å²) in [4.78, 5) is 19.3. The van der Waals surface area contributed by atoms with E-state index in [0.29, 0.717) is 0 Å². The van der Waals surface area contributed by atoms with Gasteiger partial charge in [-0.05, 0) is 0 Å². The van der Waals surface area contributed by atoms with E-state index in [1.807, 2.05) is 0 Å². The van der Waals surface area contributed by atoms with Gasteiger partial charge in [-0.2, -0.15) is 0 Å². The average molecular weight is 334 g/mol. The third kappa shape index (κ3) is 5.14. The Bertz CT molecular complexity index is 664. The molecule has 2 aromatic rings. The summed E-state index contributed by atoms with van der Waals surface area (Å²) >= 11 is 0. The fourth-order valence-electron chi connectivity index (χ4n) is 1.74. The zero-order valence-corrected chi connectivity index (χ0v) is 12.1. The highest BCUT2D eigenvalue weighted by molar-refractivity contribution is 6.60. The van der Waals surface area contributed by atoms with Gasteiger partial charge in [0.05, 0.1) is 20.8 Å². The minimum absolute atomic E-state index is 0.0949. The van der Waals surface area contributed by atoms with Gasteiger partial charge in [0, 0.05) is 12.1 Å². The van der Waals surface area contributed by atoms with Crippen molar-refractivity contribution in [1.82, 2.24) is 0 Å². The van der Waals surface area contributed by atoms with Crippen LogP contribution in [0.4, 0.5) is 11.4 Å². The molecule has 0 aliphatic carbocycles. The summed E-state index contributed by atoms with van der Waals surface area (Å²) in [5.41, 5.74) is -0.759. The third-order valence-corrected chi connectivity index (χ3v) is 2.82. The van der Waals surface area contributed by atoms with E-state index in [1.54, 1.807) is 0 Å². The second-order valence-electron chi connectivity index (χ2n) is 4.38. The lowest BCUT2D eigenvalue weighted by molar-refractivity contribution is -0.383. The van der Waals surface area contributed by atoms with Crippen molar-refractivity contribution >= 4 is 36.5 Å². The first-order valence-corrected chi connectivity index (χ1v) is 6.44. The lowest BCUT2D eigenvalue weighted by Crippen LogP contribution is -2.31. The summed E-state index contributed by atoms with van der Waals surface area (Å²) < 4.78 is 0. The van der Waals surface area contributed by atoms with Crippen molar-refractivity contribution in [1.29, 1.82) is 0 Å². The van der Waals surface area contributed by atoms with Crippen molar-refractivity contribution in [3.8, 4) is 0 Å². The molecule has 0 radical (unpaired) electrons. The van der Waals surface area contributed by atoms with Crippen molar-refractivity contribution in [2.24, 2.45) is 0 Å². The van der Waals surface area contributed by atoms with Gasteiger partial charge in [-0.25, -0.2) is 0 Å². The van der Waals surface area contributed by atoms with Gasteiger partial charge in [0.25, 0.3) is 11.4 Å². The standard InChI is InChI=1S/2C6H6BNO4/c2*9-7(10)5-3-1-2-4-6(5)8(11)12/h2*1-4,9-10H. The number of para-hydroxylation sites is 2. The highest BCUT2D eigenvalue weighted by Gasteiger charge is 2.22. The van der Waals surface area contributed by atoms with Gasteiger partial charge < -0.3 is 20.1 Å². The zero-order valence-electron chi connectivity index (χ0n) is 12.1. The van der Waals surface area contributed by atoms with Crippen molar-refractivity contribution < 1.29 is 29.9 Å². The zero-order chi connectivity index (χ0) is 18.3. The first kappa shape index (κ1) is 19.3. The Balaban J connectivity index is 0.000000240. The summed E-state index contributed by atoms with van der Waals surface area (Å²) in [5, 5.41) is 55.4. The number of nitrogens with zero attached hydrogens (tertiary/aromatic N) is 2. The van der Waals surface area contributed by atoms with E-state index >= 15 is 0 Å². The molecule has 24 heavy (non-hydrogen) atoms. The van der Waals surface area contributed by atoms with Crippen LogP contribution in [0.3, 0.4) is 0 Å². The Labute approximate surface area is 136 Å². The summed E-state index contributed by atoms with van der Waals surface area (Å²) in [6.07, 6.45) is 0. The molecule has 124 valence electrons. The lowest BCUT2D eigenvalue weighted by atomic mass is 9.79. The van der Waals surface area contributed by atoms with Gasteiger partial charge in [-0.3, -0.25) is 20.2 Å². The van der Waals surface area contributed by atoms with Crippen molar-refractivity contribution in [3.63, 3.8) is 0 Å². The second-order valence-corrected chi connectivity index (χ2v) is 4.38. The summed E-state index contributed by atoms with van der Waals surface area (Å²) in [7, 11) is -3.60. The Morgan fingerprint density at radius 2 is 0.958 bits per heavy atom. The molecular weight excluding hydrogens is 322 g/mol. The van der Waals surface area contributed by atoms with Crippen LogP contribution in [-0.2, 0) is 0 Å². The maximum absolute atomic E-state index is 10.3. The molecular formula is C12H12B2N2O8. The van der Waals surface area contributed by atoms with Gasteiger partial charge in [0.1, 0.15) is 0 Å². The molecule has 0 aromatic heterocycles. The van der Waals surface area contributed by atoms with Crippen LogP contribution in [0, 0.1) is 20.2 Å². The second kappa shape index (κ2) is 8.74. The molecule has 10 nitrogen and oxygen atoms in total. The Hall–Kier alpha value is -2.79. The number of nitro benzene ring substituents is 2. The van der Waals surface area contributed by atoms with E-state index < -0.39 is 24.1 Å². The molecule has 0 saturated carbocycles. The van der Waals surface area contributed by atoms with E-state index in [-0.39, 0.29) is 22.3 Å². The van der Waals surface area contributed by atoms with E-state index in [1.165, 1.54) is 48.5 Å². The van der Waals surface area contributed by atoms with Crippen LogP contribution in [-0.4, -0.2) is 44.2 Å². The number of hydrogen-bond acceptors (Lipinski definition) is 8. The predicted octanol–water partition coefficient (Wildman–Crippen LogP) is -1.45. The van der Waals surface area contributed by atoms with Crippen LogP contribution in [0.1, 0.15) is 0 Å². The normalized spacial score (nSPS) is 9.50.